The maximum atomic E-state index is 10.6. The summed E-state index contributed by atoms with van der Waals surface area (Å²) < 4.78 is 0. The first-order chi connectivity index (χ1) is 7.61. The van der Waals surface area contributed by atoms with Gasteiger partial charge in [-0.05, 0) is 42.9 Å². The second-order valence-electron chi connectivity index (χ2n) is 6.73. The van der Waals surface area contributed by atoms with E-state index in [9.17, 15) is 5.11 Å². The summed E-state index contributed by atoms with van der Waals surface area (Å²) in [6.45, 7) is 4.70. The molecule has 2 aliphatic rings. The molecule has 2 saturated carbocycles. The molecular formula is C15H28O. The minimum atomic E-state index is -0.0180. The Labute approximate surface area is 101 Å². The van der Waals surface area contributed by atoms with Crippen molar-refractivity contribution in [3.05, 3.63) is 0 Å². The van der Waals surface area contributed by atoms with E-state index in [2.05, 4.69) is 13.8 Å². The number of hydrogen-bond donors (Lipinski definition) is 1. The second kappa shape index (κ2) is 5.08. The fourth-order valence-corrected chi connectivity index (χ4v) is 3.97. The van der Waals surface area contributed by atoms with E-state index in [1.54, 1.807) is 0 Å². The highest BCUT2D eigenvalue weighted by Gasteiger charge is 2.41. The number of aliphatic hydroxyl groups is 1. The van der Waals surface area contributed by atoms with Crippen LogP contribution >= 0.6 is 0 Å². The predicted molar refractivity (Wildman–Crippen MR) is 68.3 cm³/mol. The second-order valence-corrected chi connectivity index (χ2v) is 6.73. The van der Waals surface area contributed by atoms with Crippen molar-refractivity contribution < 1.29 is 5.11 Å². The first kappa shape index (κ1) is 12.4. The third-order valence-electron chi connectivity index (χ3n) is 5.14. The fourth-order valence-electron chi connectivity index (χ4n) is 3.97. The molecule has 0 aromatic carbocycles. The standard InChI is InChI=1S/C15H28O/c1-15(2)11-7-10-13(15)14(16)12-8-5-3-4-6-9-12/h12-14,16H,3-11H2,1-2H3. The molecule has 2 fully saturated rings. The number of hydrogen-bond acceptors (Lipinski definition) is 1. The van der Waals surface area contributed by atoms with Crippen LogP contribution in [0, 0.1) is 17.3 Å². The maximum Gasteiger partial charge on any atom is 0.0601 e. The molecule has 2 aliphatic carbocycles. The third kappa shape index (κ3) is 2.61. The number of rotatable bonds is 2. The highest BCUT2D eigenvalue weighted by molar-refractivity contribution is 4.91. The summed E-state index contributed by atoms with van der Waals surface area (Å²) in [5, 5.41) is 10.6. The Morgan fingerprint density at radius 2 is 1.56 bits per heavy atom. The molecule has 2 unspecified atom stereocenters. The molecule has 94 valence electrons. The van der Waals surface area contributed by atoms with E-state index in [0.29, 0.717) is 17.3 Å². The maximum absolute atomic E-state index is 10.6. The molecule has 1 heteroatoms. The first-order valence-corrected chi connectivity index (χ1v) is 7.29. The molecule has 0 radical (unpaired) electrons. The van der Waals surface area contributed by atoms with E-state index in [1.165, 1.54) is 57.8 Å². The average Bonchev–Trinajstić information content (AvgIpc) is 2.48. The minimum Gasteiger partial charge on any atom is -0.393 e. The molecule has 0 aromatic rings. The summed E-state index contributed by atoms with van der Waals surface area (Å²) in [4.78, 5) is 0. The lowest BCUT2D eigenvalue weighted by Crippen LogP contribution is -2.35. The van der Waals surface area contributed by atoms with E-state index in [-0.39, 0.29) is 6.10 Å². The van der Waals surface area contributed by atoms with Crippen LogP contribution in [-0.2, 0) is 0 Å². The van der Waals surface area contributed by atoms with Gasteiger partial charge in [-0.25, -0.2) is 0 Å². The van der Waals surface area contributed by atoms with Crippen LogP contribution in [0.15, 0.2) is 0 Å². The SMILES string of the molecule is CC1(C)CCCC1C(O)C1CCCCCC1. The third-order valence-corrected chi connectivity index (χ3v) is 5.14. The molecule has 2 rings (SSSR count). The monoisotopic (exact) mass is 224 g/mol. The average molecular weight is 224 g/mol. The van der Waals surface area contributed by atoms with Gasteiger partial charge in [-0.1, -0.05) is 46.0 Å². The van der Waals surface area contributed by atoms with Crippen molar-refractivity contribution in [1.29, 1.82) is 0 Å². The van der Waals surface area contributed by atoms with Gasteiger partial charge in [0.2, 0.25) is 0 Å². The van der Waals surface area contributed by atoms with Gasteiger partial charge in [0.05, 0.1) is 6.10 Å². The first-order valence-electron chi connectivity index (χ1n) is 7.29. The van der Waals surface area contributed by atoms with Crippen LogP contribution in [0.4, 0.5) is 0 Å². The molecule has 16 heavy (non-hydrogen) atoms. The summed E-state index contributed by atoms with van der Waals surface area (Å²) >= 11 is 0. The van der Waals surface area contributed by atoms with Crippen molar-refractivity contribution in [2.24, 2.45) is 17.3 Å². The molecule has 0 bridgehead atoms. The van der Waals surface area contributed by atoms with Gasteiger partial charge in [-0.3, -0.25) is 0 Å². The van der Waals surface area contributed by atoms with Crippen molar-refractivity contribution in [1.82, 2.24) is 0 Å². The van der Waals surface area contributed by atoms with Gasteiger partial charge in [0.15, 0.2) is 0 Å². The zero-order chi connectivity index (χ0) is 11.6. The van der Waals surface area contributed by atoms with Gasteiger partial charge < -0.3 is 5.11 Å². The Morgan fingerprint density at radius 1 is 0.938 bits per heavy atom. The van der Waals surface area contributed by atoms with E-state index in [0.717, 1.165) is 0 Å². The molecule has 0 saturated heterocycles. The molecule has 0 aromatic heterocycles. The van der Waals surface area contributed by atoms with Gasteiger partial charge in [-0.15, -0.1) is 0 Å². The highest BCUT2D eigenvalue weighted by Crippen LogP contribution is 2.47. The quantitative estimate of drug-likeness (QED) is 0.699. The van der Waals surface area contributed by atoms with Gasteiger partial charge in [0, 0.05) is 0 Å². The molecule has 0 heterocycles. The Kier molecular flexibility index (Phi) is 3.94. The van der Waals surface area contributed by atoms with Crippen LogP contribution in [-0.4, -0.2) is 11.2 Å². The summed E-state index contributed by atoms with van der Waals surface area (Å²) in [5.74, 6) is 1.17. The molecule has 2 atom stereocenters. The van der Waals surface area contributed by atoms with Crippen LogP contribution in [0.5, 0.6) is 0 Å². The number of aliphatic hydroxyl groups excluding tert-OH is 1. The Bertz CT molecular complexity index is 213. The van der Waals surface area contributed by atoms with E-state index >= 15 is 0 Å². The van der Waals surface area contributed by atoms with Crippen LogP contribution in [0.25, 0.3) is 0 Å². The molecule has 0 spiro atoms. The van der Waals surface area contributed by atoms with Crippen molar-refractivity contribution in [3.8, 4) is 0 Å². The van der Waals surface area contributed by atoms with E-state index in [4.69, 9.17) is 0 Å². The van der Waals surface area contributed by atoms with Crippen molar-refractivity contribution in [2.75, 3.05) is 0 Å². The highest BCUT2D eigenvalue weighted by atomic mass is 16.3. The Morgan fingerprint density at radius 3 is 2.06 bits per heavy atom. The molecular weight excluding hydrogens is 196 g/mol. The van der Waals surface area contributed by atoms with Gasteiger partial charge in [0.1, 0.15) is 0 Å². The molecule has 0 aliphatic heterocycles. The zero-order valence-corrected chi connectivity index (χ0v) is 11.0. The summed E-state index contributed by atoms with van der Waals surface area (Å²) in [6, 6.07) is 0. The molecule has 1 nitrogen and oxygen atoms in total. The van der Waals surface area contributed by atoms with Gasteiger partial charge in [-0.2, -0.15) is 0 Å². The van der Waals surface area contributed by atoms with Crippen molar-refractivity contribution >= 4 is 0 Å². The van der Waals surface area contributed by atoms with E-state index in [1.807, 2.05) is 0 Å². The Balaban J connectivity index is 1.97. The van der Waals surface area contributed by atoms with Gasteiger partial charge in [0.25, 0.3) is 0 Å². The normalized spacial score (nSPS) is 33.6. The van der Waals surface area contributed by atoms with Crippen LogP contribution < -0.4 is 0 Å². The van der Waals surface area contributed by atoms with Crippen molar-refractivity contribution in [2.45, 2.75) is 77.7 Å². The van der Waals surface area contributed by atoms with Crippen LogP contribution in [0.2, 0.25) is 0 Å². The largest absolute Gasteiger partial charge is 0.393 e. The lowest BCUT2D eigenvalue weighted by atomic mass is 9.73. The summed E-state index contributed by atoms with van der Waals surface area (Å²) in [7, 11) is 0. The van der Waals surface area contributed by atoms with Crippen molar-refractivity contribution in [3.63, 3.8) is 0 Å². The smallest absolute Gasteiger partial charge is 0.0601 e. The molecule has 0 amide bonds. The lowest BCUT2D eigenvalue weighted by molar-refractivity contribution is 0.00373. The summed E-state index contributed by atoms with van der Waals surface area (Å²) in [5.41, 5.74) is 0.381. The lowest BCUT2D eigenvalue weighted by Gasteiger charge is -2.35. The van der Waals surface area contributed by atoms with E-state index < -0.39 is 0 Å². The van der Waals surface area contributed by atoms with Gasteiger partial charge >= 0.3 is 0 Å². The predicted octanol–water partition coefficient (Wildman–Crippen LogP) is 4.14. The zero-order valence-electron chi connectivity index (χ0n) is 11.0. The summed E-state index contributed by atoms with van der Waals surface area (Å²) in [6.07, 6.45) is 11.9. The Hall–Kier alpha value is -0.0400. The van der Waals surface area contributed by atoms with Crippen LogP contribution in [0.3, 0.4) is 0 Å². The topological polar surface area (TPSA) is 20.2 Å². The fraction of sp³-hybridized carbons (Fsp3) is 1.00. The minimum absolute atomic E-state index is 0.0180. The molecule has 1 N–H and O–H groups in total. The van der Waals surface area contributed by atoms with Crippen LogP contribution in [0.1, 0.15) is 71.6 Å².